The fraction of sp³-hybridized carbons (Fsp3) is 0.245. The summed E-state index contributed by atoms with van der Waals surface area (Å²) >= 11 is -1.44. The second-order valence-electron chi connectivity index (χ2n) is 31.0. The van der Waals surface area contributed by atoms with Gasteiger partial charge in [0.15, 0.2) is 5.78 Å². The van der Waals surface area contributed by atoms with Crippen LogP contribution in [0.4, 0.5) is 51.2 Å². The van der Waals surface area contributed by atoms with Crippen molar-refractivity contribution in [1.82, 2.24) is 9.97 Å². The summed E-state index contributed by atoms with van der Waals surface area (Å²) < 4.78 is 118. The molecule has 0 bridgehead atoms. The van der Waals surface area contributed by atoms with Crippen LogP contribution in [-0.2, 0) is 132 Å². The number of rotatable bonds is 15. The van der Waals surface area contributed by atoms with Gasteiger partial charge < -0.3 is 31.7 Å². The number of anilines is 7. The first-order valence-corrected chi connectivity index (χ1v) is 50.8. The molecule has 0 saturated carbocycles. The third-order valence-electron chi connectivity index (χ3n) is 22.7. The standard InChI is InChI=1S/C16H15NO3S.C16H17NO2S.C14H13NO2S.C10H12N2O2.C10H10N2O2.C10H12N2.C10H13N.C8H9N.C6H5ClO2S.2CH4.Mn.2O/c1-12(18)13-7-8-16-14(11-13)9-10-17(16)21(19,20)15-5-3-2-4-6-15;1-2-13-8-9-16-14(12-13)10-11-17(16)20(18,19)15-6-4-3-5-7-15;16-18(17,13-7-2-1-3-8-13)15-11-10-12-6-4-5-9-14(12)15;2*1-2-7-5-8-3-4-11-9(8)6-10(7)12(13)14;1-2-7-5-8-3-4-12-10(8)6-9(7)11;1-2-8-3-4-10-9(7-8)5-6-11-10;1-2-4-8-7(3-1)5-6-9-8;7-10(8,9)6-4-2-1-3-5-6;;;;;/h2-8,11H,9-10H2,1H3;3-9,12H,2,10-11H2,1H3;1-9H,10-11H2;5-6,11H,2-4H2,1H3;3-6,11H,2H2,1H3;3-6,12H,2,11H2,1H3;3-4,7,11H,2,5-6H2,1H3;1-4,9H,5-6H2;1-5H;2*1H4;;;. The number of nitro groups is 2. The summed E-state index contributed by atoms with van der Waals surface area (Å²) in [6, 6.07) is 82.7. The van der Waals surface area contributed by atoms with Gasteiger partial charge in [-0.25, -0.2) is 33.7 Å². The van der Waals surface area contributed by atoms with Gasteiger partial charge in [0.25, 0.3) is 50.5 Å². The van der Waals surface area contributed by atoms with Gasteiger partial charge in [0.2, 0.25) is 0 Å². The van der Waals surface area contributed by atoms with E-state index in [1.54, 1.807) is 134 Å². The largest absolute Gasteiger partial charge is 0.384 e. The van der Waals surface area contributed by atoms with Crippen molar-refractivity contribution in [2.24, 2.45) is 0 Å². The normalized spacial score (nSPS) is 12.9. The summed E-state index contributed by atoms with van der Waals surface area (Å²) in [7, 11) is -8.89. The minimum absolute atomic E-state index is 0. The molecule has 32 heteroatoms. The molecular weight excluding hydrogens is 1840 g/mol. The van der Waals surface area contributed by atoms with Crippen LogP contribution in [0.2, 0.25) is 0 Å². The number of carbonyl (C=O) groups excluding carboxylic acids is 1. The minimum atomic E-state index is -3.54. The number of halogens is 1. The van der Waals surface area contributed by atoms with Crippen LogP contribution < -0.4 is 34.6 Å². The summed E-state index contributed by atoms with van der Waals surface area (Å²) in [5.41, 5.74) is 28.4. The SMILES string of the molecule is C.C.CC(=O)c1ccc2c(c1)CCN2S(=O)(=O)c1ccccc1.CCc1cc2c(cc1[N+](=O)[O-])NCC2.CCc1cc2cc[nH]c2cc1N.CCc1cc2cc[nH]c2cc1[N+](=O)[O-].CCc1ccc2c(c1)CCN2.CCc1ccc2c(c1)CCN2S(=O)(=O)c1ccccc1.O=S(=O)(Cl)c1ccccc1.O=S(=O)(c1ccccc1)N1CCc2ccccc21.[O]=[Mn]=[O].c1ccc2c(c1)CCN2. The average molecular weight is 1950 g/mol. The number of hydrogen-bond donors (Lipinski definition) is 6. The molecule has 0 unspecified atom stereocenters. The molecule has 0 fully saturated rings. The zero-order chi connectivity index (χ0) is 94.7. The topological polar surface area (TPSA) is 377 Å². The summed E-state index contributed by atoms with van der Waals surface area (Å²) in [5.74, 6) is -0.0119. The van der Waals surface area contributed by atoms with Gasteiger partial charge in [-0.2, -0.15) is 0 Å². The number of nitrogens with two attached hydrogens (primary N) is 1. The number of fused-ring (bicyclic) bond motifs is 8. The van der Waals surface area contributed by atoms with Gasteiger partial charge in [0.05, 0.1) is 52.0 Å². The van der Waals surface area contributed by atoms with E-state index >= 15 is 0 Å². The van der Waals surface area contributed by atoms with E-state index in [9.17, 15) is 58.7 Å². The number of Topliss-reactive ketones (excluding diaryl/α,β-unsaturated/α-hetero) is 1. The van der Waals surface area contributed by atoms with Gasteiger partial charge in [0.1, 0.15) is 0 Å². The molecule has 12 aromatic carbocycles. The molecule has 8 heterocycles. The number of ketones is 1. The number of aryl methyl sites for hydroxylation is 5. The maximum Gasteiger partial charge on any atom is 0.0373 e. The van der Waals surface area contributed by atoms with Crippen LogP contribution >= 0.6 is 10.7 Å². The summed E-state index contributed by atoms with van der Waals surface area (Å²) in [4.78, 5) is 39.5. The Morgan fingerprint density at radius 1 is 0.388 bits per heavy atom. The first-order valence-electron chi connectivity index (χ1n) is 43.2. The van der Waals surface area contributed by atoms with E-state index in [4.69, 9.17) is 24.1 Å². The average Bonchev–Trinajstić information content (AvgIpc) is 1.61. The number of nitrogen functional groups attached to an aromatic ring is 1. The van der Waals surface area contributed by atoms with Gasteiger partial charge in [-0.15, -0.1) is 0 Å². The number of para-hydroxylation sites is 2. The summed E-state index contributed by atoms with van der Waals surface area (Å²) in [6.07, 6.45) is 13.8. The fourth-order valence-electron chi connectivity index (χ4n) is 15.8. The van der Waals surface area contributed by atoms with Crippen molar-refractivity contribution in [1.29, 1.82) is 0 Å². The van der Waals surface area contributed by atoms with Crippen LogP contribution in [0.15, 0.2) is 305 Å². The van der Waals surface area contributed by atoms with Crippen molar-refractivity contribution in [2.75, 3.05) is 73.9 Å². The molecule has 26 nitrogen and oxygen atoms in total. The van der Waals surface area contributed by atoms with Gasteiger partial charge in [-0.1, -0.05) is 183 Å². The van der Waals surface area contributed by atoms with Gasteiger partial charge in [-0.3, -0.25) is 37.9 Å². The van der Waals surface area contributed by atoms with Crippen LogP contribution in [0.5, 0.6) is 0 Å². The molecular formula is C102H114ClMnN11O15S4. The van der Waals surface area contributed by atoms with Crippen LogP contribution in [0.1, 0.15) is 128 Å². The molecule has 6 aliphatic rings. The zero-order valence-electron chi connectivity index (χ0n) is 74.0. The maximum atomic E-state index is 12.7. The number of nitro benzene ring substituents is 2. The number of nitrogens with zero attached hydrogens (tertiary/aromatic N) is 5. The second kappa shape index (κ2) is 49.1. The Morgan fingerprint density at radius 3 is 1.21 bits per heavy atom. The number of nitrogens with one attached hydrogen (secondary N) is 5. The van der Waals surface area contributed by atoms with Gasteiger partial charge >= 0.3 is 22.5 Å². The molecule has 0 spiro atoms. The van der Waals surface area contributed by atoms with E-state index in [0.29, 0.717) is 59.9 Å². The van der Waals surface area contributed by atoms with E-state index in [1.165, 1.54) is 95.0 Å². The third-order valence-corrected chi connectivity index (χ3v) is 29.6. The Bertz CT molecular complexity index is 6880. The number of hydrogen-bond acceptors (Lipinski definition) is 19. The molecule has 14 aromatic rings. The molecule has 0 aliphatic carbocycles. The number of H-pyrrole nitrogens is 2. The smallest absolute Gasteiger partial charge is 0.0373 e. The Labute approximate surface area is 796 Å². The minimum Gasteiger partial charge on any atom is -0.384 e. The summed E-state index contributed by atoms with van der Waals surface area (Å²) in [6.45, 7) is 16.4. The van der Waals surface area contributed by atoms with Crippen molar-refractivity contribution in [3.63, 3.8) is 0 Å². The molecule has 0 saturated heterocycles. The monoisotopic (exact) mass is 1950 g/mol. The molecule has 705 valence electrons. The van der Waals surface area contributed by atoms with E-state index < -0.39 is 53.9 Å². The van der Waals surface area contributed by atoms with Crippen molar-refractivity contribution in [3.8, 4) is 0 Å². The molecule has 20 rings (SSSR count). The van der Waals surface area contributed by atoms with E-state index in [2.05, 4.69) is 107 Å². The predicted molar refractivity (Wildman–Crippen MR) is 535 cm³/mol. The van der Waals surface area contributed by atoms with Crippen LogP contribution in [0.25, 0.3) is 21.8 Å². The van der Waals surface area contributed by atoms with Gasteiger partial charge in [0, 0.05) is 125 Å². The molecule has 0 radical (unpaired) electrons. The molecule has 0 amide bonds. The zero-order valence-corrected chi connectivity index (χ0v) is 79.2. The first-order chi connectivity index (χ1) is 63.4. The maximum absolute atomic E-state index is 12.7. The van der Waals surface area contributed by atoms with Crippen LogP contribution in [0.3, 0.4) is 0 Å². The number of aromatic nitrogens is 2. The quantitative estimate of drug-likeness (QED) is 0.0139. The molecule has 2 aromatic heterocycles. The van der Waals surface area contributed by atoms with Crippen molar-refractivity contribution in [3.05, 3.63) is 372 Å². The number of aromatic amines is 2. The van der Waals surface area contributed by atoms with Crippen LogP contribution in [0, 0.1) is 20.2 Å². The number of benzene rings is 12. The predicted octanol–water partition coefficient (Wildman–Crippen LogP) is 21.7. The molecule has 0 atom stereocenters. The molecule has 6 aliphatic heterocycles. The summed E-state index contributed by atoms with van der Waals surface area (Å²) in [5, 5.41) is 33.5. The number of carbonyl (C=O) groups is 1. The number of sulfonamides is 3. The molecule has 134 heavy (non-hydrogen) atoms. The Hall–Kier alpha value is -13.0. The first kappa shape index (κ1) is 105. The Kier molecular flexibility index (Phi) is 38.4. The Morgan fingerprint density at radius 2 is 0.754 bits per heavy atom. The van der Waals surface area contributed by atoms with Crippen molar-refractivity contribution in [2.45, 2.75) is 147 Å². The van der Waals surface area contributed by atoms with Gasteiger partial charge in [-0.05, 0) is 260 Å². The second-order valence-corrected chi connectivity index (χ2v) is 39.3. The van der Waals surface area contributed by atoms with E-state index in [1.807, 2.05) is 92.8 Å². The van der Waals surface area contributed by atoms with E-state index in [-0.39, 0.29) is 51.6 Å². The van der Waals surface area contributed by atoms with E-state index in [0.717, 1.165) is 125 Å². The third kappa shape index (κ3) is 26.7. The Balaban J connectivity index is 0.000000170. The van der Waals surface area contributed by atoms with Crippen LogP contribution in [-0.4, -0.2) is 98.5 Å². The van der Waals surface area contributed by atoms with Crippen molar-refractivity contribution >= 4 is 129 Å². The van der Waals surface area contributed by atoms with Crippen molar-refractivity contribution < 1.29 is 70.8 Å². The molecule has 7 N–H and O–H groups in total. The fourth-order valence-corrected chi connectivity index (χ4v) is 21.1.